The Morgan fingerprint density at radius 3 is 2.81 bits per heavy atom. The molecule has 2 aliphatic rings. The molecule has 7 nitrogen and oxygen atoms in total. The van der Waals surface area contributed by atoms with Gasteiger partial charge in [0.1, 0.15) is 17.5 Å². The van der Waals surface area contributed by atoms with Gasteiger partial charge in [0.25, 0.3) is 0 Å². The molecule has 0 saturated carbocycles. The molecule has 1 aromatic carbocycles. The maximum atomic E-state index is 12.8. The van der Waals surface area contributed by atoms with Crippen LogP contribution in [0.4, 0.5) is 18.9 Å². The van der Waals surface area contributed by atoms with Gasteiger partial charge in [-0.3, -0.25) is 9.59 Å². The molecule has 4 rings (SSSR count). The standard InChI is InChI=1S/C21H20F3N3O4/c1-2-27-16(4-6-18(27)28)20(29)26-15-10-14(9-12-7-8-30-19(12)15)31-17-5-3-13(11-25-17)21(22,23)24/h3,5,9-11,16H,2,4,6-8H2,1H3,(H,26,29)/t16-/m1/s1. The Balaban J connectivity index is 1.55. The normalized spacial score (nSPS) is 18.0. The first-order valence-corrected chi connectivity index (χ1v) is 9.87. The van der Waals surface area contributed by atoms with Crippen molar-refractivity contribution in [3.63, 3.8) is 0 Å². The van der Waals surface area contributed by atoms with Crippen LogP contribution in [0.2, 0.25) is 0 Å². The molecule has 0 radical (unpaired) electrons. The highest BCUT2D eigenvalue weighted by molar-refractivity contribution is 6.00. The fourth-order valence-corrected chi connectivity index (χ4v) is 3.78. The molecule has 164 valence electrons. The molecule has 3 heterocycles. The molecule has 1 atom stereocenters. The Labute approximate surface area is 176 Å². The predicted octanol–water partition coefficient (Wildman–Crippen LogP) is 3.78. The van der Waals surface area contributed by atoms with E-state index in [9.17, 15) is 22.8 Å². The van der Waals surface area contributed by atoms with E-state index in [0.717, 1.165) is 17.7 Å². The van der Waals surface area contributed by atoms with Gasteiger partial charge in [-0.2, -0.15) is 13.2 Å². The van der Waals surface area contributed by atoms with Gasteiger partial charge >= 0.3 is 6.18 Å². The van der Waals surface area contributed by atoms with E-state index in [2.05, 4.69) is 10.3 Å². The number of nitrogens with one attached hydrogen (secondary N) is 1. The summed E-state index contributed by atoms with van der Waals surface area (Å²) in [7, 11) is 0. The number of halogens is 3. The fraction of sp³-hybridized carbons (Fsp3) is 0.381. The number of fused-ring (bicyclic) bond motifs is 1. The lowest BCUT2D eigenvalue weighted by Crippen LogP contribution is -2.41. The largest absolute Gasteiger partial charge is 0.491 e. The van der Waals surface area contributed by atoms with Crippen molar-refractivity contribution in [2.75, 3.05) is 18.5 Å². The number of likely N-dealkylation sites (N-methyl/N-ethyl adjacent to an activating group) is 1. The summed E-state index contributed by atoms with van der Waals surface area (Å²) in [6.07, 6.45) is -2.43. The molecule has 10 heteroatoms. The minimum atomic E-state index is -4.48. The average molecular weight is 435 g/mol. The van der Waals surface area contributed by atoms with Crippen LogP contribution in [-0.2, 0) is 22.2 Å². The lowest BCUT2D eigenvalue weighted by molar-refractivity contribution is -0.137. The van der Waals surface area contributed by atoms with Gasteiger partial charge in [0.15, 0.2) is 0 Å². The van der Waals surface area contributed by atoms with E-state index in [0.29, 0.717) is 55.8 Å². The van der Waals surface area contributed by atoms with Crippen molar-refractivity contribution in [2.24, 2.45) is 0 Å². The van der Waals surface area contributed by atoms with Gasteiger partial charge < -0.3 is 19.7 Å². The highest BCUT2D eigenvalue weighted by Gasteiger charge is 2.35. The average Bonchev–Trinajstić information content (AvgIpc) is 3.34. The van der Waals surface area contributed by atoms with Crippen LogP contribution in [0.5, 0.6) is 17.4 Å². The van der Waals surface area contributed by atoms with E-state index >= 15 is 0 Å². The maximum Gasteiger partial charge on any atom is 0.417 e. The molecule has 2 aliphatic heterocycles. The molecule has 2 amide bonds. The zero-order valence-corrected chi connectivity index (χ0v) is 16.7. The van der Waals surface area contributed by atoms with Crippen LogP contribution in [-0.4, -0.2) is 40.9 Å². The number of benzene rings is 1. The van der Waals surface area contributed by atoms with Crippen molar-refractivity contribution in [1.29, 1.82) is 0 Å². The van der Waals surface area contributed by atoms with Crippen LogP contribution < -0.4 is 14.8 Å². The van der Waals surface area contributed by atoms with Crippen molar-refractivity contribution in [3.8, 4) is 17.4 Å². The third-order valence-electron chi connectivity index (χ3n) is 5.27. The molecular formula is C21H20F3N3O4. The van der Waals surface area contributed by atoms with E-state index in [1.165, 1.54) is 11.0 Å². The molecule has 0 aliphatic carbocycles. The molecule has 31 heavy (non-hydrogen) atoms. The summed E-state index contributed by atoms with van der Waals surface area (Å²) >= 11 is 0. The first-order valence-electron chi connectivity index (χ1n) is 9.87. The third-order valence-corrected chi connectivity index (χ3v) is 5.27. The number of rotatable bonds is 5. The Hall–Kier alpha value is -3.30. The SMILES string of the molecule is CCN1C(=O)CC[C@@H]1C(=O)Nc1cc(Oc2ccc(C(F)(F)F)cn2)cc2c1OCC2. The number of alkyl halides is 3. The number of hydrogen-bond acceptors (Lipinski definition) is 5. The van der Waals surface area contributed by atoms with Crippen LogP contribution in [0, 0.1) is 0 Å². The number of aromatic nitrogens is 1. The van der Waals surface area contributed by atoms with E-state index in [1.54, 1.807) is 6.07 Å². The molecule has 2 aromatic rings. The lowest BCUT2D eigenvalue weighted by atomic mass is 10.1. The summed E-state index contributed by atoms with van der Waals surface area (Å²) in [6, 6.07) is 4.70. The quantitative estimate of drug-likeness (QED) is 0.773. The smallest absolute Gasteiger partial charge is 0.417 e. The zero-order chi connectivity index (χ0) is 22.2. The van der Waals surface area contributed by atoms with Crippen molar-refractivity contribution >= 4 is 17.5 Å². The molecule has 1 N–H and O–H groups in total. The van der Waals surface area contributed by atoms with Gasteiger partial charge in [0.05, 0.1) is 17.9 Å². The van der Waals surface area contributed by atoms with Crippen LogP contribution in [0.3, 0.4) is 0 Å². The number of hydrogen-bond donors (Lipinski definition) is 1. The summed E-state index contributed by atoms with van der Waals surface area (Å²) in [6.45, 7) is 2.69. The zero-order valence-electron chi connectivity index (χ0n) is 16.7. The van der Waals surface area contributed by atoms with Crippen molar-refractivity contribution < 1.29 is 32.2 Å². The van der Waals surface area contributed by atoms with Crippen LogP contribution in [0.1, 0.15) is 30.9 Å². The van der Waals surface area contributed by atoms with E-state index in [4.69, 9.17) is 9.47 Å². The molecule has 0 unspecified atom stereocenters. The lowest BCUT2D eigenvalue weighted by Gasteiger charge is -2.23. The van der Waals surface area contributed by atoms with Crippen LogP contribution in [0.15, 0.2) is 30.5 Å². The molecule has 1 fully saturated rings. The van der Waals surface area contributed by atoms with Gasteiger partial charge in [-0.05, 0) is 25.5 Å². The molecular weight excluding hydrogens is 415 g/mol. The van der Waals surface area contributed by atoms with Gasteiger partial charge in [0, 0.05) is 43.3 Å². The minimum Gasteiger partial charge on any atom is -0.491 e. The van der Waals surface area contributed by atoms with E-state index in [-0.39, 0.29) is 17.7 Å². The summed E-state index contributed by atoms with van der Waals surface area (Å²) in [5.41, 5.74) is 0.314. The van der Waals surface area contributed by atoms with Crippen molar-refractivity contribution in [3.05, 3.63) is 41.6 Å². The fourth-order valence-electron chi connectivity index (χ4n) is 3.78. The Morgan fingerprint density at radius 1 is 1.32 bits per heavy atom. The Kier molecular flexibility index (Phi) is 5.47. The number of anilines is 1. The number of likely N-dealkylation sites (tertiary alicyclic amines) is 1. The second kappa shape index (κ2) is 8.09. The predicted molar refractivity (Wildman–Crippen MR) is 104 cm³/mol. The molecule has 1 aromatic heterocycles. The highest BCUT2D eigenvalue weighted by Crippen LogP contribution is 2.39. The third kappa shape index (κ3) is 4.28. The number of carbonyl (C=O) groups is 2. The Morgan fingerprint density at radius 2 is 2.13 bits per heavy atom. The Bertz CT molecular complexity index is 1010. The van der Waals surface area contributed by atoms with Crippen LogP contribution in [0.25, 0.3) is 0 Å². The monoisotopic (exact) mass is 435 g/mol. The topological polar surface area (TPSA) is 80.8 Å². The maximum absolute atomic E-state index is 12.8. The summed E-state index contributed by atoms with van der Waals surface area (Å²) in [5, 5.41) is 2.82. The van der Waals surface area contributed by atoms with Crippen molar-refractivity contribution in [1.82, 2.24) is 9.88 Å². The van der Waals surface area contributed by atoms with Gasteiger partial charge in [-0.25, -0.2) is 4.98 Å². The van der Waals surface area contributed by atoms with Gasteiger partial charge in [-0.1, -0.05) is 0 Å². The second-order valence-corrected chi connectivity index (χ2v) is 7.27. The van der Waals surface area contributed by atoms with Crippen molar-refractivity contribution in [2.45, 2.75) is 38.4 Å². The van der Waals surface area contributed by atoms with Gasteiger partial charge in [-0.15, -0.1) is 0 Å². The highest BCUT2D eigenvalue weighted by atomic mass is 19.4. The van der Waals surface area contributed by atoms with E-state index < -0.39 is 17.8 Å². The number of ether oxygens (including phenoxy) is 2. The minimum absolute atomic E-state index is 0.0114. The second-order valence-electron chi connectivity index (χ2n) is 7.27. The molecule has 0 spiro atoms. The van der Waals surface area contributed by atoms with Gasteiger partial charge in [0.2, 0.25) is 17.7 Å². The van der Waals surface area contributed by atoms with Crippen LogP contribution >= 0.6 is 0 Å². The number of pyridine rings is 1. The first kappa shape index (κ1) is 21.0. The first-order chi connectivity index (χ1) is 14.8. The summed E-state index contributed by atoms with van der Waals surface area (Å²) in [5.74, 6) is 0.433. The molecule has 0 bridgehead atoms. The number of nitrogens with zero attached hydrogens (tertiary/aromatic N) is 2. The summed E-state index contributed by atoms with van der Waals surface area (Å²) < 4.78 is 49.4. The summed E-state index contributed by atoms with van der Waals surface area (Å²) in [4.78, 5) is 30.0. The molecule has 1 saturated heterocycles. The van der Waals surface area contributed by atoms with E-state index in [1.807, 2.05) is 6.92 Å². The number of carbonyl (C=O) groups excluding carboxylic acids is 2. The number of amides is 2.